The fraction of sp³-hybridized carbons (Fsp3) is 0.333. The lowest BCUT2D eigenvalue weighted by atomic mass is 9.86. The summed E-state index contributed by atoms with van der Waals surface area (Å²) in [5, 5.41) is 6.29. The second-order valence-corrected chi connectivity index (χ2v) is 5.67. The first-order chi connectivity index (χ1) is 9.40. The fourth-order valence-corrected chi connectivity index (χ4v) is 2.04. The average Bonchev–Trinajstić information content (AvgIpc) is 2.37. The van der Waals surface area contributed by atoms with Crippen molar-refractivity contribution in [1.29, 1.82) is 0 Å². The maximum Gasteiger partial charge on any atom is 0.223 e. The van der Waals surface area contributed by atoms with Crippen LogP contribution in [-0.4, -0.2) is 17.0 Å². The molecule has 1 heterocycles. The first-order valence-corrected chi connectivity index (χ1v) is 6.59. The molecule has 20 heavy (non-hydrogen) atoms. The normalized spacial score (nSPS) is 11.2. The van der Waals surface area contributed by atoms with Crippen LogP contribution in [0.5, 0.6) is 0 Å². The molecule has 0 saturated carbocycles. The summed E-state index contributed by atoms with van der Waals surface area (Å²) >= 11 is 0. The fourth-order valence-electron chi connectivity index (χ4n) is 2.04. The summed E-state index contributed by atoms with van der Waals surface area (Å²) in [4.78, 5) is 8.30. The summed E-state index contributed by atoms with van der Waals surface area (Å²) in [6.07, 6.45) is 0. The monoisotopic (exact) mass is 271 g/mol. The van der Waals surface area contributed by atoms with Crippen LogP contribution in [0.3, 0.4) is 0 Å². The zero-order valence-corrected chi connectivity index (χ0v) is 12.4. The van der Waals surface area contributed by atoms with Gasteiger partial charge in [0.15, 0.2) is 0 Å². The quantitative estimate of drug-likeness (QED) is 0.799. The van der Waals surface area contributed by atoms with E-state index in [1.54, 1.807) is 7.05 Å². The standard InChI is InChI=1S/C15H21N5/c1-15(2,3)10-7-5-6-8-11(10)18-13-9-12(17-4)19-14(16)20-13/h5-9H,1-4H3,(H4,16,17,18,19,20). The van der Waals surface area contributed by atoms with Crippen LogP contribution in [0.15, 0.2) is 30.3 Å². The topological polar surface area (TPSA) is 75.9 Å². The Hall–Kier alpha value is -2.30. The number of hydrogen-bond donors (Lipinski definition) is 3. The highest BCUT2D eigenvalue weighted by Gasteiger charge is 2.17. The third-order valence-electron chi connectivity index (χ3n) is 3.00. The molecular weight excluding hydrogens is 250 g/mol. The molecule has 0 aliphatic heterocycles. The van der Waals surface area contributed by atoms with Crippen LogP contribution in [0.1, 0.15) is 26.3 Å². The Kier molecular flexibility index (Phi) is 3.79. The van der Waals surface area contributed by atoms with Crippen molar-refractivity contribution in [1.82, 2.24) is 9.97 Å². The van der Waals surface area contributed by atoms with E-state index in [0.29, 0.717) is 11.6 Å². The minimum atomic E-state index is 0.0496. The molecule has 1 aromatic heterocycles. The number of rotatable bonds is 3. The van der Waals surface area contributed by atoms with Crippen molar-refractivity contribution >= 4 is 23.3 Å². The summed E-state index contributed by atoms with van der Waals surface area (Å²) in [5.41, 5.74) is 8.01. The van der Waals surface area contributed by atoms with Crippen molar-refractivity contribution in [3.8, 4) is 0 Å². The van der Waals surface area contributed by atoms with E-state index in [1.165, 1.54) is 5.56 Å². The molecule has 4 N–H and O–H groups in total. The van der Waals surface area contributed by atoms with Gasteiger partial charge >= 0.3 is 0 Å². The Morgan fingerprint density at radius 2 is 1.70 bits per heavy atom. The molecule has 0 saturated heterocycles. The van der Waals surface area contributed by atoms with E-state index < -0.39 is 0 Å². The summed E-state index contributed by atoms with van der Waals surface area (Å²) in [6.45, 7) is 6.54. The van der Waals surface area contributed by atoms with E-state index in [9.17, 15) is 0 Å². The summed E-state index contributed by atoms with van der Waals surface area (Å²) in [7, 11) is 1.80. The molecule has 0 bridgehead atoms. The largest absolute Gasteiger partial charge is 0.373 e. The van der Waals surface area contributed by atoms with Crippen molar-refractivity contribution < 1.29 is 0 Å². The summed E-state index contributed by atoms with van der Waals surface area (Å²) in [5.74, 6) is 1.61. The van der Waals surface area contributed by atoms with Gasteiger partial charge in [0, 0.05) is 18.8 Å². The Labute approximate surface area is 119 Å². The van der Waals surface area contributed by atoms with Crippen molar-refractivity contribution in [3.05, 3.63) is 35.9 Å². The van der Waals surface area contributed by atoms with Gasteiger partial charge < -0.3 is 16.4 Å². The Morgan fingerprint density at radius 1 is 1.05 bits per heavy atom. The van der Waals surface area contributed by atoms with Crippen molar-refractivity contribution in [2.45, 2.75) is 26.2 Å². The highest BCUT2D eigenvalue weighted by atomic mass is 15.1. The molecule has 0 amide bonds. The number of nitrogen functional groups attached to an aromatic ring is 1. The van der Waals surface area contributed by atoms with Crippen LogP contribution in [0.4, 0.5) is 23.3 Å². The zero-order chi connectivity index (χ0) is 14.8. The van der Waals surface area contributed by atoms with Crippen LogP contribution < -0.4 is 16.4 Å². The van der Waals surface area contributed by atoms with E-state index >= 15 is 0 Å². The van der Waals surface area contributed by atoms with Crippen LogP contribution >= 0.6 is 0 Å². The number of aromatic nitrogens is 2. The number of benzene rings is 1. The van der Waals surface area contributed by atoms with Gasteiger partial charge in [-0.3, -0.25) is 0 Å². The Morgan fingerprint density at radius 3 is 2.35 bits per heavy atom. The van der Waals surface area contributed by atoms with E-state index in [0.717, 1.165) is 5.69 Å². The molecule has 2 aromatic rings. The van der Waals surface area contributed by atoms with Crippen LogP contribution in [-0.2, 0) is 5.41 Å². The van der Waals surface area contributed by atoms with Crippen LogP contribution in [0, 0.1) is 0 Å². The van der Waals surface area contributed by atoms with Crippen LogP contribution in [0.2, 0.25) is 0 Å². The number of para-hydroxylation sites is 1. The van der Waals surface area contributed by atoms with Crippen molar-refractivity contribution in [2.24, 2.45) is 0 Å². The second-order valence-electron chi connectivity index (χ2n) is 5.67. The molecule has 0 fully saturated rings. The lowest BCUT2D eigenvalue weighted by Crippen LogP contribution is -2.14. The third kappa shape index (κ3) is 3.17. The van der Waals surface area contributed by atoms with Gasteiger partial charge in [0.25, 0.3) is 0 Å². The lowest BCUT2D eigenvalue weighted by molar-refractivity contribution is 0.592. The Balaban J connectivity index is 2.38. The van der Waals surface area contributed by atoms with Gasteiger partial charge in [-0.2, -0.15) is 9.97 Å². The molecule has 1 aromatic carbocycles. The lowest BCUT2D eigenvalue weighted by Gasteiger charge is -2.23. The summed E-state index contributed by atoms with van der Waals surface area (Å²) < 4.78 is 0. The van der Waals surface area contributed by atoms with Gasteiger partial charge in [-0.05, 0) is 17.0 Å². The van der Waals surface area contributed by atoms with E-state index in [1.807, 2.05) is 24.3 Å². The number of anilines is 4. The van der Waals surface area contributed by atoms with Gasteiger partial charge in [-0.1, -0.05) is 39.0 Å². The van der Waals surface area contributed by atoms with Gasteiger partial charge in [0.05, 0.1) is 0 Å². The average molecular weight is 271 g/mol. The highest BCUT2D eigenvalue weighted by molar-refractivity contribution is 5.64. The van der Waals surface area contributed by atoms with E-state index in [4.69, 9.17) is 5.73 Å². The van der Waals surface area contributed by atoms with Crippen molar-refractivity contribution in [2.75, 3.05) is 23.4 Å². The number of nitrogens with two attached hydrogens (primary N) is 1. The molecule has 106 valence electrons. The molecule has 0 aliphatic rings. The van der Waals surface area contributed by atoms with Crippen molar-refractivity contribution in [3.63, 3.8) is 0 Å². The zero-order valence-electron chi connectivity index (χ0n) is 12.4. The van der Waals surface area contributed by atoms with Gasteiger partial charge in [0.2, 0.25) is 5.95 Å². The van der Waals surface area contributed by atoms with Gasteiger partial charge in [0.1, 0.15) is 11.6 Å². The van der Waals surface area contributed by atoms with Crippen LogP contribution in [0.25, 0.3) is 0 Å². The van der Waals surface area contributed by atoms with E-state index in [2.05, 4.69) is 47.4 Å². The van der Waals surface area contributed by atoms with Gasteiger partial charge in [-0.25, -0.2) is 0 Å². The molecule has 5 heteroatoms. The molecular formula is C15H21N5. The molecule has 0 atom stereocenters. The molecule has 0 spiro atoms. The number of nitrogens with zero attached hydrogens (tertiary/aromatic N) is 2. The molecule has 0 unspecified atom stereocenters. The third-order valence-corrected chi connectivity index (χ3v) is 3.00. The minimum absolute atomic E-state index is 0.0496. The van der Waals surface area contributed by atoms with E-state index in [-0.39, 0.29) is 11.4 Å². The maximum absolute atomic E-state index is 5.71. The Bertz CT molecular complexity index is 601. The predicted octanol–water partition coefficient (Wildman–Crippen LogP) is 3.14. The number of nitrogens with one attached hydrogen (secondary N) is 2. The van der Waals surface area contributed by atoms with Gasteiger partial charge in [-0.15, -0.1) is 0 Å². The molecule has 0 radical (unpaired) electrons. The maximum atomic E-state index is 5.71. The summed E-state index contributed by atoms with van der Waals surface area (Å²) in [6, 6.07) is 10.0. The molecule has 2 rings (SSSR count). The molecule has 5 nitrogen and oxygen atoms in total. The highest BCUT2D eigenvalue weighted by Crippen LogP contribution is 2.31. The molecule has 0 aliphatic carbocycles. The first-order valence-electron chi connectivity index (χ1n) is 6.59. The minimum Gasteiger partial charge on any atom is -0.373 e. The first kappa shape index (κ1) is 14.1. The second kappa shape index (κ2) is 5.36. The predicted molar refractivity (Wildman–Crippen MR) is 84.4 cm³/mol. The SMILES string of the molecule is CNc1cc(Nc2ccccc2C(C)(C)C)nc(N)n1. The number of hydrogen-bond acceptors (Lipinski definition) is 5. The smallest absolute Gasteiger partial charge is 0.223 e.